The first kappa shape index (κ1) is 23.2. The van der Waals surface area contributed by atoms with Crippen LogP contribution in [0.1, 0.15) is 47.6 Å². The SMILES string of the molecule is O=C(O)CCC(=O)NC1c2ccccc2N(C(=O)c2ccc(SC(F)(F)F)cc2)C2CCC12. The van der Waals surface area contributed by atoms with Crippen LogP contribution in [0, 0.1) is 5.92 Å². The van der Waals surface area contributed by atoms with Crippen molar-refractivity contribution in [1.29, 1.82) is 0 Å². The third-order valence-corrected chi connectivity index (χ3v) is 6.76. The normalized spacial score (nSPS) is 21.4. The molecule has 6 nitrogen and oxygen atoms in total. The summed E-state index contributed by atoms with van der Waals surface area (Å²) < 4.78 is 37.8. The van der Waals surface area contributed by atoms with E-state index in [0.29, 0.717) is 5.69 Å². The van der Waals surface area contributed by atoms with Gasteiger partial charge in [-0.25, -0.2) is 0 Å². The number of carbonyl (C=O) groups excluding carboxylic acids is 2. The van der Waals surface area contributed by atoms with Crippen molar-refractivity contribution in [2.75, 3.05) is 4.90 Å². The van der Waals surface area contributed by atoms with Crippen LogP contribution in [0.5, 0.6) is 0 Å². The maximum atomic E-state index is 13.4. The van der Waals surface area contributed by atoms with Gasteiger partial charge in [-0.15, -0.1) is 0 Å². The van der Waals surface area contributed by atoms with Crippen molar-refractivity contribution in [1.82, 2.24) is 5.32 Å². The molecule has 4 rings (SSSR count). The van der Waals surface area contributed by atoms with Crippen LogP contribution in [0.2, 0.25) is 0 Å². The fraction of sp³-hybridized carbons (Fsp3) is 0.348. The maximum absolute atomic E-state index is 13.4. The summed E-state index contributed by atoms with van der Waals surface area (Å²) in [6, 6.07) is 12.1. The van der Waals surface area contributed by atoms with Crippen molar-refractivity contribution in [2.45, 2.75) is 48.2 Å². The summed E-state index contributed by atoms with van der Waals surface area (Å²) in [5.41, 5.74) is -2.72. The van der Waals surface area contributed by atoms with Crippen molar-refractivity contribution in [3.8, 4) is 0 Å². The van der Waals surface area contributed by atoms with E-state index >= 15 is 0 Å². The molecule has 3 unspecified atom stereocenters. The Balaban J connectivity index is 1.58. The highest BCUT2D eigenvalue weighted by Gasteiger charge is 2.49. The number of carboxylic acid groups (broad SMARTS) is 1. The highest BCUT2D eigenvalue weighted by molar-refractivity contribution is 8.00. The maximum Gasteiger partial charge on any atom is 0.446 e. The van der Waals surface area contributed by atoms with Gasteiger partial charge in [-0.05, 0) is 60.5 Å². The molecule has 0 radical (unpaired) electrons. The molecule has 2 aliphatic rings. The number of fused-ring (bicyclic) bond motifs is 2. The average Bonchev–Trinajstić information content (AvgIpc) is 2.73. The first-order chi connectivity index (χ1) is 15.6. The molecule has 10 heteroatoms. The number of hydrogen-bond acceptors (Lipinski definition) is 4. The first-order valence-electron chi connectivity index (χ1n) is 10.4. The lowest BCUT2D eigenvalue weighted by molar-refractivity contribution is -0.139. The topological polar surface area (TPSA) is 86.7 Å². The smallest absolute Gasteiger partial charge is 0.446 e. The van der Waals surface area contributed by atoms with Crippen LogP contribution in [0.3, 0.4) is 0 Å². The van der Waals surface area contributed by atoms with Crippen LogP contribution in [0.25, 0.3) is 0 Å². The molecule has 2 aromatic carbocycles. The number of aliphatic carboxylic acids is 1. The zero-order valence-corrected chi connectivity index (χ0v) is 18.2. The van der Waals surface area contributed by atoms with Crippen LogP contribution in [-0.2, 0) is 9.59 Å². The largest absolute Gasteiger partial charge is 0.481 e. The number of nitrogens with zero attached hydrogens (tertiary/aromatic N) is 1. The summed E-state index contributed by atoms with van der Waals surface area (Å²) >= 11 is -0.233. The molecule has 2 N–H and O–H groups in total. The molecule has 1 fully saturated rings. The molecule has 1 aliphatic carbocycles. The third-order valence-electron chi connectivity index (χ3n) is 6.02. The van der Waals surface area contributed by atoms with Gasteiger partial charge in [0.05, 0.1) is 12.5 Å². The van der Waals surface area contributed by atoms with Gasteiger partial charge in [0.15, 0.2) is 0 Å². The predicted molar refractivity (Wildman–Crippen MR) is 116 cm³/mol. The van der Waals surface area contributed by atoms with Gasteiger partial charge >= 0.3 is 11.5 Å². The van der Waals surface area contributed by atoms with Crippen LogP contribution in [-0.4, -0.2) is 34.4 Å². The van der Waals surface area contributed by atoms with Crippen molar-refractivity contribution in [3.05, 3.63) is 59.7 Å². The van der Waals surface area contributed by atoms with Crippen LogP contribution >= 0.6 is 11.8 Å². The van der Waals surface area contributed by atoms with Gasteiger partial charge in [0.25, 0.3) is 5.91 Å². The number of thioether (sulfide) groups is 1. The summed E-state index contributed by atoms with van der Waals surface area (Å²) in [6.45, 7) is 0. The van der Waals surface area contributed by atoms with E-state index in [2.05, 4.69) is 5.32 Å². The lowest BCUT2D eigenvalue weighted by Crippen LogP contribution is -2.58. The van der Waals surface area contributed by atoms with E-state index in [1.807, 2.05) is 6.07 Å². The predicted octanol–water partition coefficient (Wildman–Crippen LogP) is 4.76. The number of anilines is 1. The number of para-hydroxylation sites is 1. The molecule has 0 saturated heterocycles. The molecule has 0 spiro atoms. The van der Waals surface area contributed by atoms with E-state index in [1.165, 1.54) is 24.3 Å². The Hall–Kier alpha value is -3.01. The standard InChI is InChI=1S/C23H21F3N2O4S/c24-23(25,26)33-14-7-5-13(6-8-14)22(32)28-17-4-2-1-3-15(17)21(16-9-10-18(16)28)27-19(29)11-12-20(30)31/h1-8,16,18,21H,9-12H2,(H,27,29)(H,30,31). The lowest BCUT2D eigenvalue weighted by atomic mass is 9.68. The third kappa shape index (κ3) is 5.00. The van der Waals surface area contributed by atoms with Gasteiger partial charge in [-0.2, -0.15) is 13.2 Å². The Bertz CT molecular complexity index is 1070. The summed E-state index contributed by atoms with van der Waals surface area (Å²) in [6.07, 6.45) is 1.12. The van der Waals surface area contributed by atoms with E-state index < -0.39 is 11.5 Å². The van der Waals surface area contributed by atoms with E-state index in [-0.39, 0.29) is 64.9 Å². The second-order valence-electron chi connectivity index (χ2n) is 8.05. The molecular weight excluding hydrogens is 457 g/mol. The number of alkyl halides is 3. The van der Waals surface area contributed by atoms with Crippen molar-refractivity contribution in [3.63, 3.8) is 0 Å². The number of carbonyl (C=O) groups is 3. The quantitative estimate of drug-likeness (QED) is 0.585. The molecule has 1 saturated carbocycles. The van der Waals surface area contributed by atoms with E-state index in [9.17, 15) is 27.6 Å². The Morgan fingerprint density at radius 3 is 2.33 bits per heavy atom. The molecule has 33 heavy (non-hydrogen) atoms. The number of amides is 2. The Labute approximate surface area is 192 Å². The zero-order chi connectivity index (χ0) is 23.8. The molecule has 1 heterocycles. The van der Waals surface area contributed by atoms with Gasteiger partial charge < -0.3 is 15.3 Å². The number of hydrogen-bond donors (Lipinski definition) is 2. The Morgan fingerprint density at radius 1 is 1.03 bits per heavy atom. The van der Waals surface area contributed by atoms with Crippen molar-refractivity contribution < 1.29 is 32.7 Å². The van der Waals surface area contributed by atoms with Gasteiger partial charge in [0.1, 0.15) is 0 Å². The van der Waals surface area contributed by atoms with E-state index in [1.54, 1.807) is 23.1 Å². The number of rotatable bonds is 6. The van der Waals surface area contributed by atoms with Crippen LogP contribution < -0.4 is 10.2 Å². The fourth-order valence-electron chi connectivity index (χ4n) is 4.45. The number of nitrogens with one attached hydrogen (secondary N) is 1. The van der Waals surface area contributed by atoms with Crippen molar-refractivity contribution in [2.24, 2.45) is 5.92 Å². The summed E-state index contributed by atoms with van der Waals surface area (Å²) in [5.74, 6) is -1.75. The van der Waals surface area contributed by atoms with Gasteiger partial charge in [-0.3, -0.25) is 14.4 Å². The van der Waals surface area contributed by atoms with Crippen LogP contribution in [0.15, 0.2) is 53.4 Å². The molecular formula is C23H21F3N2O4S. The van der Waals surface area contributed by atoms with E-state index in [4.69, 9.17) is 5.11 Å². The van der Waals surface area contributed by atoms with Gasteiger partial charge in [0, 0.05) is 34.5 Å². The first-order valence-corrected chi connectivity index (χ1v) is 11.2. The zero-order valence-electron chi connectivity index (χ0n) is 17.3. The average molecular weight is 478 g/mol. The summed E-state index contributed by atoms with van der Waals surface area (Å²) in [5, 5.41) is 11.8. The minimum Gasteiger partial charge on any atom is -0.481 e. The molecule has 174 valence electrons. The highest BCUT2D eigenvalue weighted by Crippen LogP contribution is 2.50. The summed E-state index contributed by atoms with van der Waals surface area (Å²) in [4.78, 5) is 38.2. The lowest BCUT2D eigenvalue weighted by Gasteiger charge is -2.52. The summed E-state index contributed by atoms with van der Waals surface area (Å²) in [7, 11) is 0. The highest BCUT2D eigenvalue weighted by atomic mass is 32.2. The Kier molecular flexibility index (Phi) is 6.38. The second-order valence-corrected chi connectivity index (χ2v) is 9.19. The van der Waals surface area contributed by atoms with Crippen LogP contribution in [0.4, 0.5) is 18.9 Å². The Morgan fingerprint density at radius 2 is 1.73 bits per heavy atom. The second kappa shape index (κ2) is 9.09. The minimum atomic E-state index is -4.40. The van der Waals surface area contributed by atoms with Gasteiger partial charge in [-0.1, -0.05) is 18.2 Å². The van der Waals surface area contributed by atoms with Gasteiger partial charge in [0.2, 0.25) is 5.91 Å². The number of carboxylic acids is 1. The van der Waals surface area contributed by atoms with Crippen molar-refractivity contribution >= 4 is 35.2 Å². The minimum absolute atomic E-state index is 0.00347. The number of halogens is 3. The molecule has 0 bridgehead atoms. The molecule has 2 aromatic rings. The molecule has 3 atom stereocenters. The van der Waals surface area contributed by atoms with E-state index in [0.717, 1.165) is 18.4 Å². The molecule has 0 aromatic heterocycles. The number of benzene rings is 2. The molecule has 2 amide bonds. The monoisotopic (exact) mass is 478 g/mol. The molecule has 1 aliphatic heterocycles. The fourth-order valence-corrected chi connectivity index (χ4v) is 4.99.